The third-order valence-electron chi connectivity index (χ3n) is 4.47. The molecule has 2 atom stereocenters. The number of rotatable bonds is 5. The number of ether oxygens (including phenoxy) is 1. The number of nitrogens with one attached hydrogen (secondary N) is 1. The molecule has 1 N–H and O–H groups in total. The molecule has 23 heavy (non-hydrogen) atoms. The summed E-state index contributed by atoms with van der Waals surface area (Å²) in [7, 11) is 0. The van der Waals surface area contributed by atoms with Crippen LogP contribution >= 0.6 is 0 Å². The van der Waals surface area contributed by atoms with Crippen molar-refractivity contribution in [2.45, 2.75) is 32.7 Å². The van der Waals surface area contributed by atoms with Crippen molar-refractivity contribution in [1.29, 1.82) is 0 Å². The maximum atomic E-state index is 11.7. The SMILES string of the molecule is CCC1CC(COc2ccc(-c3ccc(C)cc3)cc2)NC1=O. The quantitative estimate of drug-likeness (QED) is 0.908. The summed E-state index contributed by atoms with van der Waals surface area (Å²) in [5.74, 6) is 1.15. The standard InChI is InChI=1S/C20H23NO2/c1-3-15-12-18(21-20(15)22)13-23-19-10-8-17(9-11-19)16-6-4-14(2)5-7-16/h4-11,15,18H,3,12-13H2,1-2H3,(H,21,22). The van der Waals surface area contributed by atoms with E-state index in [2.05, 4.69) is 55.6 Å². The van der Waals surface area contributed by atoms with Gasteiger partial charge in [0.25, 0.3) is 0 Å². The molecule has 2 aromatic rings. The normalized spacial score (nSPS) is 20.3. The first-order valence-corrected chi connectivity index (χ1v) is 8.26. The van der Waals surface area contributed by atoms with E-state index in [4.69, 9.17) is 4.74 Å². The summed E-state index contributed by atoms with van der Waals surface area (Å²) in [6.45, 7) is 4.68. The van der Waals surface area contributed by atoms with E-state index in [1.807, 2.05) is 12.1 Å². The number of carbonyl (C=O) groups excluding carboxylic acids is 1. The number of hydrogen-bond acceptors (Lipinski definition) is 2. The molecule has 0 spiro atoms. The van der Waals surface area contributed by atoms with Crippen LogP contribution in [0.15, 0.2) is 48.5 Å². The summed E-state index contributed by atoms with van der Waals surface area (Å²) < 4.78 is 5.83. The van der Waals surface area contributed by atoms with Crippen LogP contribution in [0, 0.1) is 12.8 Å². The zero-order chi connectivity index (χ0) is 16.2. The number of benzene rings is 2. The lowest BCUT2D eigenvalue weighted by Crippen LogP contribution is -2.31. The van der Waals surface area contributed by atoms with Crippen molar-refractivity contribution in [3.63, 3.8) is 0 Å². The molecule has 0 radical (unpaired) electrons. The van der Waals surface area contributed by atoms with Crippen LogP contribution in [-0.4, -0.2) is 18.6 Å². The van der Waals surface area contributed by atoms with Crippen LogP contribution in [0.2, 0.25) is 0 Å². The Morgan fingerprint density at radius 3 is 2.22 bits per heavy atom. The van der Waals surface area contributed by atoms with Crippen molar-refractivity contribution in [2.24, 2.45) is 5.92 Å². The Balaban J connectivity index is 1.58. The van der Waals surface area contributed by atoms with Gasteiger partial charge in [-0.1, -0.05) is 48.9 Å². The Labute approximate surface area is 137 Å². The third-order valence-corrected chi connectivity index (χ3v) is 4.47. The number of hydrogen-bond donors (Lipinski definition) is 1. The van der Waals surface area contributed by atoms with Crippen LogP contribution in [-0.2, 0) is 4.79 Å². The van der Waals surface area contributed by atoms with E-state index in [0.717, 1.165) is 18.6 Å². The molecule has 1 fully saturated rings. The largest absolute Gasteiger partial charge is 0.491 e. The Hall–Kier alpha value is -2.29. The zero-order valence-electron chi connectivity index (χ0n) is 13.7. The van der Waals surface area contributed by atoms with Crippen LogP contribution in [0.4, 0.5) is 0 Å². The first-order valence-electron chi connectivity index (χ1n) is 8.26. The highest BCUT2D eigenvalue weighted by atomic mass is 16.5. The van der Waals surface area contributed by atoms with E-state index in [0.29, 0.717) is 6.61 Å². The van der Waals surface area contributed by atoms with Gasteiger partial charge < -0.3 is 10.1 Å². The molecular formula is C20H23NO2. The lowest BCUT2D eigenvalue weighted by atomic mass is 10.0. The second kappa shape index (κ2) is 6.86. The van der Waals surface area contributed by atoms with Gasteiger partial charge >= 0.3 is 0 Å². The van der Waals surface area contributed by atoms with Crippen molar-refractivity contribution in [1.82, 2.24) is 5.32 Å². The van der Waals surface area contributed by atoms with Crippen molar-refractivity contribution in [3.8, 4) is 16.9 Å². The van der Waals surface area contributed by atoms with Gasteiger partial charge in [-0.3, -0.25) is 4.79 Å². The molecule has 0 aromatic heterocycles. The highest BCUT2D eigenvalue weighted by Gasteiger charge is 2.30. The molecule has 120 valence electrons. The molecular weight excluding hydrogens is 286 g/mol. The molecule has 0 aliphatic carbocycles. The van der Waals surface area contributed by atoms with Gasteiger partial charge in [0.05, 0.1) is 6.04 Å². The number of aryl methyl sites for hydroxylation is 1. The van der Waals surface area contributed by atoms with Gasteiger partial charge in [-0.15, -0.1) is 0 Å². The van der Waals surface area contributed by atoms with E-state index in [1.165, 1.54) is 16.7 Å². The fraction of sp³-hybridized carbons (Fsp3) is 0.350. The molecule has 2 unspecified atom stereocenters. The van der Waals surface area contributed by atoms with Crippen LogP contribution in [0.3, 0.4) is 0 Å². The Morgan fingerprint density at radius 1 is 1.04 bits per heavy atom. The van der Waals surface area contributed by atoms with Gasteiger partial charge in [0.1, 0.15) is 12.4 Å². The molecule has 3 rings (SSSR count). The van der Waals surface area contributed by atoms with E-state index in [9.17, 15) is 4.79 Å². The summed E-state index contributed by atoms with van der Waals surface area (Å²) in [5.41, 5.74) is 3.64. The monoisotopic (exact) mass is 309 g/mol. The Morgan fingerprint density at radius 2 is 1.65 bits per heavy atom. The molecule has 3 nitrogen and oxygen atoms in total. The van der Waals surface area contributed by atoms with Gasteiger partial charge in [0, 0.05) is 5.92 Å². The lowest BCUT2D eigenvalue weighted by molar-refractivity contribution is -0.122. The van der Waals surface area contributed by atoms with Crippen LogP contribution in [0.5, 0.6) is 5.75 Å². The summed E-state index contributed by atoms with van der Waals surface area (Å²) in [4.78, 5) is 11.7. The smallest absolute Gasteiger partial charge is 0.223 e. The topological polar surface area (TPSA) is 38.3 Å². The second-order valence-corrected chi connectivity index (χ2v) is 6.25. The molecule has 1 aliphatic rings. The molecule has 1 saturated heterocycles. The first-order chi connectivity index (χ1) is 11.2. The van der Waals surface area contributed by atoms with Crippen LogP contribution in [0.25, 0.3) is 11.1 Å². The fourth-order valence-electron chi connectivity index (χ4n) is 2.98. The number of amides is 1. The van der Waals surface area contributed by atoms with E-state index in [1.54, 1.807) is 0 Å². The fourth-order valence-corrected chi connectivity index (χ4v) is 2.98. The second-order valence-electron chi connectivity index (χ2n) is 6.25. The minimum absolute atomic E-state index is 0.129. The minimum Gasteiger partial charge on any atom is -0.491 e. The summed E-state index contributed by atoms with van der Waals surface area (Å²) in [6, 6.07) is 16.7. The average molecular weight is 309 g/mol. The van der Waals surface area contributed by atoms with Gasteiger partial charge in [0.15, 0.2) is 0 Å². The molecule has 1 aliphatic heterocycles. The van der Waals surface area contributed by atoms with Crippen molar-refractivity contribution in [2.75, 3.05) is 6.61 Å². The Kier molecular flexibility index (Phi) is 4.65. The molecule has 3 heteroatoms. The predicted molar refractivity (Wildman–Crippen MR) is 92.4 cm³/mol. The molecule has 2 aromatic carbocycles. The van der Waals surface area contributed by atoms with E-state index in [-0.39, 0.29) is 17.9 Å². The summed E-state index contributed by atoms with van der Waals surface area (Å²) in [5, 5.41) is 3.00. The van der Waals surface area contributed by atoms with E-state index < -0.39 is 0 Å². The van der Waals surface area contributed by atoms with Gasteiger partial charge in [-0.25, -0.2) is 0 Å². The molecule has 0 bridgehead atoms. The predicted octanol–water partition coefficient (Wildman–Crippen LogP) is 3.96. The van der Waals surface area contributed by atoms with Gasteiger partial charge in [0.2, 0.25) is 5.91 Å². The zero-order valence-corrected chi connectivity index (χ0v) is 13.7. The van der Waals surface area contributed by atoms with E-state index >= 15 is 0 Å². The third kappa shape index (κ3) is 3.73. The summed E-state index contributed by atoms with van der Waals surface area (Å²) in [6.07, 6.45) is 1.77. The van der Waals surface area contributed by atoms with Crippen molar-refractivity contribution < 1.29 is 9.53 Å². The van der Waals surface area contributed by atoms with Gasteiger partial charge in [-0.05, 0) is 43.0 Å². The highest BCUT2D eigenvalue weighted by molar-refractivity contribution is 5.81. The van der Waals surface area contributed by atoms with Crippen LogP contribution < -0.4 is 10.1 Å². The maximum absolute atomic E-state index is 11.7. The molecule has 1 amide bonds. The summed E-state index contributed by atoms with van der Waals surface area (Å²) >= 11 is 0. The maximum Gasteiger partial charge on any atom is 0.223 e. The van der Waals surface area contributed by atoms with Crippen molar-refractivity contribution in [3.05, 3.63) is 54.1 Å². The average Bonchev–Trinajstić information content (AvgIpc) is 2.94. The Bertz CT molecular complexity index is 661. The highest BCUT2D eigenvalue weighted by Crippen LogP contribution is 2.24. The lowest BCUT2D eigenvalue weighted by Gasteiger charge is -2.12. The number of carbonyl (C=O) groups is 1. The minimum atomic E-state index is 0.129. The van der Waals surface area contributed by atoms with Crippen LogP contribution in [0.1, 0.15) is 25.3 Å². The van der Waals surface area contributed by atoms with Gasteiger partial charge in [-0.2, -0.15) is 0 Å². The van der Waals surface area contributed by atoms with Crippen molar-refractivity contribution >= 4 is 5.91 Å². The molecule has 1 heterocycles. The molecule has 0 saturated carbocycles. The first kappa shape index (κ1) is 15.6.